The summed E-state index contributed by atoms with van der Waals surface area (Å²) in [4.78, 5) is 27.5. The molecule has 4 rings (SSSR count). The lowest BCUT2D eigenvalue weighted by Crippen LogP contribution is -2.36. The Morgan fingerprint density at radius 3 is 2.94 bits per heavy atom. The van der Waals surface area contributed by atoms with Gasteiger partial charge in [0.25, 0.3) is 5.91 Å². The molecule has 8 nitrogen and oxygen atoms in total. The Balaban J connectivity index is 1.54. The number of aliphatic hydroxyl groups is 1. The molecule has 9 heteroatoms. The van der Waals surface area contributed by atoms with Gasteiger partial charge in [-0.1, -0.05) is 18.2 Å². The van der Waals surface area contributed by atoms with Crippen molar-refractivity contribution in [2.24, 2.45) is 0 Å². The number of thiazole rings is 1. The van der Waals surface area contributed by atoms with Gasteiger partial charge < -0.3 is 20.1 Å². The molecule has 1 amide bonds. The van der Waals surface area contributed by atoms with Crippen molar-refractivity contribution in [1.29, 1.82) is 0 Å². The van der Waals surface area contributed by atoms with E-state index in [-0.39, 0.29) is 5.91 Å². The van der Waals surface area contributed by atoms with Gasteiger partial charge in [-0.3, -0.25) is 4.79 Å². The largest absolute Gasteiger partial charge is 0.385 e. The predicted molar refractivity (Wildman–Crippen MR) is 120 cm³/mol. The van der Waals surface area contributed by atoms with Gasteiger partial charge in [-0.25, -0.2) is 15.0 Å². The Morgan fingerprint density at radius 2 is 2.16 bits per heavy atom. The number of ether oxygens (including phenoxy) is 1. The van der Waals surface area contributed by atoms with E-state index in [4.69, 9.17) is 9.72 Å². The molecule has 0 aliphatic carbocycles. The van der Waals surface area contributed by atoms with Crippen molar-refractivity contribution >= 4 is 23.2 Å². The minimum absolute atomic E-state index is 0.268. The highest BCUT2D eigenvalue weighted by atomic mass is 32.1. The zero-order valence-corrected chi connectivity index (χ0v) is 18.4. The van der Waals surface area contributed by atoms with E-state index in [0.717, 1.165) is 34.9 Å². The first kappa shape index (κ1) is 21.4. The fraction of sp³-hybridized carbons (Fsp3) is 0.364. The van der Waals surface area contributed by atoms with Crippen LogP contribution in [-0.2, 0) is 15.1 Å². The number of methoxy groups -OCH3 is 1. The number of hydrogen-bond acceptors (Lipinski definition) is 8. The molecule has 1 fully saturated rings. The zero-order valence-electron chi connectivity index (χ0n) is 17.5. The molecule has 0 spiro atoms. The van der Waals surface area contributed by atoms with Gasteiger partial charge in [-0.2, -0.15) is 0 Å². The molecule has 1 unspecified atom stereocenters. The SMILES string of the molecule is COCCCNc1nccc(-c2csc(-c3cccc(C4(O)CCN(C)C4=O)c3)n2)n1. The fourth-order valence-corrected chi connectivity index (χ4v) is 4.37. The smallest absolute Gasteiger partial charge is 0.258 e. The second kappa shape index (κ2) is 9.09. The number of benzene rings is 1. The summed E-state index contributed by atoms with van der Waals surface area (Å²) < 4.78 is 5.05. The lowest BCUT2D eigenvalue weighted by molar-refractivity contribution is -0.143. The fourth-order valence-electron chi connectivity index (χ4n) is 3.56. The van der Waals surface area contributed by atoms with Gasteiger partial charge in [0.2, 0.25) is 5.95 Å². The summed E-state index contributed by atoms with van der Waals surface area (Å²) in [5.41, 5.74) is 1.47. The first-order chi connectivity index (χ1) is 15.0. The predicted octanol–water partition coefficient (Wildman–Crippen LogP) is 2.77. The van der Waals surface area contributed by atoms with Crippen LogP contribution in [0, 0.1) is 0 Å². The molecule has 3 aromatic rings. The van der Waals surface area contributed by atoms with Crippen molar-refractivity contribution in [1.82, 2.24) is 19.9 Å². The van der Waals surface area contributed by atoms with Crippen molar-refractivity contribution in [2.45, 2.75) is 18.4 Å². The molecule has 1 aliphatic rings. The third kappa shape index (κ3) is 4.43. The van der Waals surface area contributed by atoms with E-state index in [2.05, 4.69) is 15.3 Å². The topological polar surface area (TPSA) is 100 Å². The van der Waals surface area contributed by atoms with Crippen molar-refractivity contribution in [3.05, 3.63) is 47.5 Å². The first-order valence-electron chi connectivity index (χ1n) is 10.1. The highest BCUT2D eigenvalue weighted by Crippen LogP contribution is 2.36. The third-order valence-corrected chi connectivity index (χ3v) is 6.22. The lowest BCUT2D eigenvalue weighted by atomic mass is 9.91. The summed E-state index contributed by atoms with van der Waals surface area (Å²) in [5.74, 6) is 0.284. The molecule has 162 valence electrons. The summed E-state index contributed by atoms with van der Waals surface area (Å²) in [6.45, 7) is 1.94. The molecule has 1 aliphatic heterocycles. The molecule has 2 aromatic heterocycles. The van der Waals surface area contributed by atoms with Crippen LogP contribution in [-0.4, -0.2) is 64.7 Å². The van der Waals surface area contributed by atoms with Crippen LogP contribution in [0.15, 0.2) is 41.9 Å². The first-order valence-corrected chi connectivity index (χ1v) is 11.0. The van der Waals surface area contributed by atoms with Gasteiger partial charge in [-0.15, -0.1) is 11.3 Å². The minimum atomic E-state index is -1.47. The van der Waals surface area contributed by atoms with Gasteiger partial charge in [-0.05, 0) is 24.1 Å². The minimum Gasteiger partial charge on any atom is -0.385 e. The van der Waals surface area contributed by atoms with E-state index in [0.29, 0.717) is 31.1 Å². The second-order valence-electron chi connectivity index (χ2n) is 7.49. The van der Waals surface area contributed by atoms with Crippen molar-refractivity contribution in [2.75, 3.05) is 39.2 Å². The van der Waals surface area contributed by atoms with Crippen LogP contribution in [0.4, 0.5) is 5.95 Å². The van der Waals surface area contributed by atoms with Gasteiger partial charge in [0.1, 0.15) is 10.7 Å². The van der Waals surface area contributed by atoms with Crippen LogP contribution in [0.3, 0.4) is 0 Å². The van der Waals surface area contributed by atoms with Crippen molar-refractivity contribution in [3.63, 3.8) is 0 Å². The van der Waals surface area contributed by atoms with E-state index < -0.39 is 5.60 Å². The van der Waals surface area contributed by atoms with E-state index in [1.54, 1.807) is 31.3 Å². The zero-order chi connectivity index (χ0) is 21.8. The maximum atomic E-state index is 12.4. The number of nitrogens with zero attached hydrogens (tertiary/aromatic N) is 4. The average molecular weight is 440 g/mol. The monoisotopic (exact) mass is 439 g/mol. The number of rotatable bonds is 8. The summed E-state index contributed by atoms with van der Waals surface area (Å²) in [7, 11) is 3.39. The van der Waals surface area contributed by atoms with E-state index in [1.807, 2.05) is 29.6 Å². The summed E-state index contributed by atoms with van der Waals surface area (Å²) in [6, 6.07) is 9.25. The Hall–Kier alpha value is -2.88. The molecule has 1 saturated heterocycles. The normalized spacial score (nSPS) is 18.5. The maximum Gasteiger partial charge on any atom is 0.258 e. The Kier molecular flexibility index (Phi) is 6.26. The van der Waals surface area contributed by atoms with E-state index >= 15 is 0 Å². The summed E-state index contributed by atoms with van der Waals surface area (Å²) >= 11 is 1.49. The van der Waals surface area contributed by atoms with Crippen LogP contribution in [0.25, 0.3) is 22.0 Å². The second-order valence-corrected chi connectivity index (χ2v) is 8.35. The molecule has 0 bridgehead atoms. The van der Waals surface area contributed by atoms with Gasteiger partial charge in [0, 0.05) is 57.4 Å². The van der Waals surface area contributed by atoms with Crippen molar-refractivity contribution < 1.29 is 14.6 Å². The third-order valence-electron chi connectivity index (χ3n) is 5.33. The number of amides is 1. The van der Waals surface area contributed by atoms with Crippen LogP contribution >= 0.6 is 11.3 Å². The summed E-state index contributed by atoms with van der Waals surface area (Å²) in [6.07, 6.45) is 2.96. The highest BCUT2D eigenvalue weighted by molar-refractivity contribution is 7.13. The molecule has 1 atom stereocenters. The molecule has 2 N–H and O–H groups in total. The average Bonchev–Trinajstić information content (AvgIpc) is 3.39. The van der Waals surface area contributed by atoms with Crippen LogP contribution in [0.1, 0.15) is 18.4 Å². The number of nitrogens with one attached hydrogen (secondary N) is 1. The number of hydrogen-bond donors (Lipinski definition) is 2. The number of anilines is 1. The van der Waals surface area contributed by atoms with Gasteiger partial charge in [0.05, 0.1) is 5.69 Å². The quantitative estimate of drug-likeness (QED) is 0.521. The number of carbonyl (C=O) groups is 1. The van der Waals surface area contributed by atoms with Gasteiger partial charge in [0.15, 0.2) is 5.60 Å². The van der Waals surface area contributed by atoms with E-state index in [1.165, 1.54) is 11.3 Å². The number of likely N-dealkylation sites (N-methyl/N-ethyl adjacent to an activating group) is 1. The van der Waals surface area contributed by atoms with Crippen LogP contribution < -0.4 is 5.32 Å². The highest BCUT2D eigenvalue weighted by Gasteiger charge is 2.45. The molecule has 3 heterocycles. The molecular formula is C22H25N5O3S. The number of carbonyl (C=O) groups excluding carboxylic acids is 1. The van der Waals surface area contributed by atoms with Crippen molar-refractivity contribution in [3.8, 4) is 22.0 Å². The van der Waals surface area contributed by atoms with Crippen LogP contribution in [0.2, 0.25) is 0 Å². The van der Waals surface area contributed by atoms with E-state index in [9.17, 15) is 9.90 Å². The Morgan fingerprint density at radius 1 is 1.29 bits per heavy atom. The Labute approximate surface area is 185 Å². The number of aromatic nitrogens is 3. The molecule has 1 aromatic carbocycles. The molecule has 0 radical (unpaired) electrons. The lowest BCUT2D eigenvalue weighted by Gasteiger charge is -2.21. The standard InChI is InChI=1S/C22H25N5O3S/c1-27-11-8-22(29,20(27)28)16-6-3-5-15(13-16)19-25-18(14-31-19)17-7-10-24-21(26-17)23-9-4-12-30-2/h3,5-7,10,13-14,29H,4,8-9,11-12H2,1-2H3,(H,23,24,26). The summed E-state index contributed by atoms with van der Waals surface area (Å²) in [5, 5.41) is 16.9. The molecular weight excluding hydrogens is 414 g/mol. The molecule has 0 saturated carbocycles. The molecule has 31 heavy (non-hydrogen) atoms. The van der Waals surface area contributed by atoms with Crippen LogP contribution in [0.5, 0.6) is 0 Å². The van der Waals surface area contributed by atoms with Gasteiger partial charge >= 0.3 is 0 Å². The number of likely N-dealkylation sites (tertiary alicyclic amines) is 1. The Bertz CT molecular complexity index is 1070. The maximum absolute atomic E-state index is 12.4.